The summed E-state index contributed by atoms with van der Waals surface area (Å²) in [5.74, 6) is 0.943. The van der Waals surface area contributed by atoms with Gasteiger partial charge >= 0.3 is 0 Å². The standard InChI is InChI=1S/C15H18BrN3/c1-11-5-4-8-13(14(11)16)18-15-17-9-10-19(15)12-6-2-3-7-12/h4-5,8-10,12H,2-3,6-7H2,1H3,(H,17,18). The van der Waals surface area contributed by atoms with Crippen LogP contribution in [0.5, 0.6) is 0 Å². The van der Waals surface area contributed by atoms with Crippen molar-refractivity contribution in [3.05, 3.63) is 40.6 Å². The maximum atomic E-state index is 4.46. The second-order valence-corrected chi connectivity index (χ2v) is 5.95. The zero-order valence-electron chi connectivity index (χ0n) is 11.1. The molecule has 2 aromatic rings. The molecule has 0 aliphatic heterocycles. The molecule has 3 rings (SSSR count). The molecule has 19 heavy (non-hydrogen) atoms. The Morgan fingerprint density at radius 3 is 2.89 bits per heavy atom. The third-order valence-electron chi connectivity index (χ3n) is 3.83. The summed E-state index contributed by atoms with van der Waals surface area (Å²) in [6.45, 7) is 2.10. The predicted octanol–water partition coefficient (Wildman–Crippen LogP) is 4.81. The fourth-order valence-electron chi connectivity index (χ4n) is 2.75. The summed E-state index contributed by atoms with van der Waals surface area (Å²) in [5.41, 5.74) is 2.30. The van der Waals surface area contributed by atoms with Crippen LogP contribution in [0.4, 0.5) is 11.6 Å². The van der Waals surface area contributed by atoms with Crippen LogP contribution in [0.1, 0.15) is 37.3 Å². The molecule has 0 spiro atoms. The molecule has 1 saturated carbocycles. The average Bonchev–Trinajstić information content (AvgIpc) is 3.05. The van der Waals surface area contributed by atoms with Gasteiger partial charge in [-0.25, -0.2) is 4.98 Å². The maximum Gasteiger partial charge on any atom is 0.207 e. The lowest BCUT2D eigenvalue weighted by Crippen LogP contribution is -2.08. The van der Waals surface area contributed by atoms with Crippen molar-refractivity contribution in [3.8, 4) is 0 Å². The van der Waals surface area contributed by atoms with Crippen molar-refractivity contribution in [2.75, 3.05) is 5.32 Å². The fourth-order valence-corrected chi connectivity index (χ4v) is 3.11. The van der Waals surface area contributed by atoms with E-state index in [1.165, 1.54) is 31.2 Å². The van der Waals surface area contributed by atoms with Crippen LogP contribution in [0.25, 0.3) is 0 Å². The van der Waals surface area contributed by atoms with E-state index in [1.54, 1.807) is 0 Å². The molecule has 4 heteroatoms. The van der Waals surface area contributed by atoms with Gasteiger partial charge in [-0.1, -0.05) is 25.0 Å². The number of anilines is 2. The fraction of sp³-hybridized carbons (Fsp3) is 0.400. The molecule has 0 unspecified atom stereocenters. The number of benzene rings is 1. The van der Waals surface area contributed by atoms with Crippen LogP contribution in [0.3, 0.4) is 0 Å². The zero-order valence-corrected chi connectivity index (χ0v) is 12.7. The number of nitrogens with zero attached hydrogens (tertiary/aromatic N) is 2. The van der Waals surface area contributed by atoms with Crippen LogP contribution >= 0.6 is 15.9 Å². The van der Waals surface area contributed by atoms with Gasteiger partial charge < -0.3 is 9.88 Å². The number of aromatic nitrogens is 2. The molecular weight excluding hydrogens is 302 g/mol. The van der Waals surface area contributed by atoms with Crippen LogP contribution in [-0.2, 0) is 0 Å². The molecule has 3 nitrogen and oxygen atoms in total. The average molecular weight is 320 g/mol. The topological polar surface area (TPSA) is 29.9 Å². The summed E-state index contributed by atoms with van der Waals surface area (Å²) in [6.07, 6.45) is 9.15. The first-order valence-corrected chi connectivity index (χ1v) is 7.60. The molecule has 1 aliphatic rings. The first-order chi connectivity index (χ1) is 9.25. The Labute approximate surface area is 122 Å². The third kappa shape index (κ3) is 2.54. The van der Waals surface area contributed by atoms with Crippen LogP contribution < -0.4 is 5.32 Å². The molecule has 1 aromatic carbocycles. The molecule has 0 bridgehead atoms. The van der Waals surface area contributed by atoms with Crippen molar-refractivity contribution in [3.63, 3.8) is 0 Å². The summed E-state index contributed by atoms with van der Waals surface area (Å²) in [4.78, 5) is 4.46. The molecule has 0 atom stereocenters. The molecule has 100 valence electrons. The Morgan fingerprint density at radius 2 is 2.11 bits per heavy atom. The van der Waals surface area contributed by atoms with E-state index < -0.39 is 0 Å². The highest BCUT2D eigenvalue weighted by Gasteiger charge is 2.19. The van der Waals surface area contributed by atoms with E-state index in [2.05, 4.69) is 62.1 Å². The van der Waals surface area contributed by atoms with Gasteiger partial charge in [-0.15, -0.1) is 0 Å². The lowest BCUT2D eigenvalue weighted by molar-refractivity contribution is 0.525. The molecule has 1 N–H and O–H groups in total. The normalized spacial score (nSPS) is 15.9. The van der Waals surface area contributed by atoms with Crippen molar-refractivity contribution < 1.29 is 0 Å². The first kappa shape index (κ1) is 12.7. The van der Waals surface area contributed by atoms with Crippen LogP contribution in [0.15, 0.2) is 35.1 Å². The number of halogens is 1. The minimum atomic E-state index is 0.605. The highest BCUT2D eigenvalue weighted by Crippen LogP contribution is 2.33. The van der Waals surface area contributed by atoms with E-state index >= 15 is 0 Å². The van der Waals surface area contributed by atoms with Crippen molar-refractivity contribution in [1.82, 2.24) is 9.55 Å². The monoisotopic (exact) mass is 319 g/mol. The summed E-state index contributed by atoms with van der Waals surface area (Å²) >= 11 is 3.63. The molecule has 1 aromatic heterocycles. The minimum Gasteiger partial charge on any atom is -0.325 e. The Morgan fingerprint density at radius 1 is 1.32 bits per heavy atom. The summed E-state index contributed by atoms with van der Waals surface area (Å²) in [5, 5.41) is 3.44. The Hall–Kier alpha value is -1.29. The number of aryl methyl sites for hydroxylation is 1. The van der Waals surface area contributed by atoms with Gasteiger partial charge in [0.1, 0.15) is 0 Å². The van der Waals surface area contributed by atoms with E-state index in [-0.39, 0.29) is 0 Å². The van der Waals surface area contributed by atoms with Crippen LogP contribution in [0.2, 0.25) is 0 Å². The van der Waals surface area contributed by atoms with Gasteiger partial charge in [-0.3, -0.25) is 0 Å². The van der Waals surface area contributed by atoms with Crippen LogP contribution in [-0.4, -0.2) is 9.55 Å². The highest BCUT2D eigenvalue weighted by molar-refractivity contribution is 9.10. The van der Waals surface area contributed by atoms with Gasteiger partial charge in [0.15, 0.2) is 0 Å². The molecular formula is C15H18BrN3. The van der Waals surface area contributed by atoms with Gasteiger partial charge in [0.2, 0.25) is 5.95 Å². The SMILES string of the molecule is Cc1cccc(Nc2nccn2C2CCCC2)c1Br. The second kappa shape index (κ2) is 5.37. The Kier molecular flexibility index (Phi) is 3.60. The van der Waals surface area contributed by atoms with Gasteiger partial charge in [0.25, 0.3) is 0 Å². The van der Waals surface area contributed by atoms with Gasteiger partial charge in [0, 0.05) is 22.9 Å². The van der Waals surface area contributed by atoms with Gasteiger partial charge in [-0.2, -0.15) is 0 Å². The van der Waals surface area contributed by atoms with Crippen molar-refractivity contribution in [2.45, 2.75) is 38.6 Å². The largest absolute Gasteiger partial charge is 0.325 e. The molecule has 0 saturated heterocycles. The molecule has 1 heterocycles. The molecule has 0 radical (unpaired) electrons. The van der Waals surface area contributed by atoms with Crippen molar-refractivity contribution >= 4 is 27.6 Å². The number of hydrogen-bond acceptors (Lipinski definition) is 2. The smallest absolute Gasteiger partial charge is 0.207 e. The summed E-state index contributed by atoms with van der Waals surface area (Å²) < 4.78 is 3.39. The molecule has 0 amide bonds. The van der Waals surface area contributed by atoms with E-state index in [0.717, 1.165) is 16.1 Å². The Balaban J connectivity index is 1.87. The number of imidazole rings is 1. The van der Waals surface area contributed by atoms with Gasteiger partial charge in [-0.05, 0) is 47.3 Å². The second-order valence-electron chi connectivity index (χ2n) is 5.16. The summed E-state index contributed by atoms with van der Waals surface area (Å²) in [7, 11) is 0. The van der Waals surface area contributed by atoms with E-state index in [0.29, 0.717) is 6.04 Å². The molecule has 1 fully saturated rings. The molecule has 1 aliphatic carbocycles. The summed E-state index contributed by atoms with van der Waals surface area (Å²) in [6, 6.07) is 6.84. The lowest BCUT2D eigenvalue weighted by Gasteiger charge is -2.16. The first-order valence-electron chi connectivity index (χ1n) is 6.80. The minimum absolute atomic E-state index is 0.605. The number of nitrogens with one attached hydrogen (secondary N) is 1. The lowest BCUT2D eigenvalue weighted by atomic mass is 10.2. The third-order valence-corrected chi connectivity index (χ3v) is 4.88. The van der Waals surface area contributed by atoms with E-state index in [9.17, 15) is 0 Å². The van der Waals surface area contributed by atoms with E-state index in [1.807, 2.05) is 6.20 Å². The highest BCUT2D eigenvalue weighted by atomic mass is 79.9. The number of rotatable bonds is 3. The van der Waals surface area contributed by atoms with E-state index in [4.69, 9.17) is 0 Å². The van der Waals surface area contributed by atoms with Crippen molar-refractivity contribution in [1.29, 1.82) is 0 Å². The maximum absolute atomic E-state index is 4.46. The Bertz CT molecular complexity index is 571. The van der Waals surface area contributed by atoms with Gasteiger partial charge in [0.05, 0.1) is 5.69 Å². The quantitative estimate of drug-likeness (QED) is 0.879. The van der Waals surface area contributed by atoms with Crippen LogP contribution in [0, 0.1) is 6.92 Å². The number of hydrogen-bond donors (Lipinski definition) is 1. The zero-order chi connectivity index (χ0) is 13.2. The van der Waals surface area contributed by atoms with Crippen molar-refractivity contribution in [2.24, 2.45) is 0 Å². The predicted molar refractivity (Wildman–Crippen MR) is 81.9 cm³/mol.